The number of fused-ring (bicyclic) bond motifs is 1. The molecule has 0 amide bonds. The third-order valence-corrected chi connectivity index (χ3v) is 5.67. The fourth-order valence-corrected chi connectivity index (χ4v) is 3.91. The summed E-state index contributed by atoms with van der Waals surface area (Å²) in [4.78, 5) is 17.2. The Kier molecular flexibility index (Phi) is 5.36. The van der Waals surface area contributed by atoms with Crippen LogP contribution in [0, 0.1) is 6.92 Å². The van der Waals surface area contributed by atoms with Crippen LogP contribution in [0.3, 0.4) is 0 Å². The van der Waals surface area contributed by atoms with E-state index in [-0.39, 0.29) is 5.28 Å². The van der Waals surface area contributed by atoms with Crippen LogP contribution < -0.4 is 10.6 Å². The Morgan fingerprint density at radius 2 is 1.82 bits per heavy atom. The van der Waals surface area contributed by atoms with Crippen molar-refractivity contribution < 1.29 is 0 Å². The van der Waals surface area contributed by atoms with Gasteiger partial charge in [0, 0.05) is 12.2 Å². The van der Waals surface area contributed by atoms with Gasteiger partial charge in [-0.1, -0.05) is 37.3 Å². The molecule has 28 heavy (non-hydrogen) atoms. The van der Waals surface area contributed by atoms with Crippen LogP contribution >= 0.6 is 22.9 Å². The fraction of sp³-hybridized carbons (Fsp3) is 0.200. The summed E-state index contributed by atoms with van der Waals surface area (Å²) >= 11 is 7.73. The third-order valence-electron chi connectivity index (χ3n) is 4.54. The summed E-state index contributed by atoms with van der Waals surface area (Å²) in [7, 11) is 0. The molecule has 0 fully saturated rings. The van der Waals surface area contributed by atoms with Crippen LogP contribution in [0.15, 0.2) is 48.0 Å². The minimum Gasteiger partial charge on any atom is -0.353 e. The monoisotopic (exact) mass is 410 g/mol. The standard InChI is InChI=1S/C20H19ClN6S/c1-12(14-6-4-3-5-7-14)10-22-19-25-18(21)26-20(27-19)24-15-8-9-16-17(13(15)2)28-11-23-16/h3-9,11-12H,10H2,1-2H3,(H2,22,24,25,26,27). The van der Waals surface area contributed by atoms with Crippen molar-refractivity contribution in [2.75, 3.05) is 17.2 Å². The van der Waals surface area contributed by atoms with Crippen LogP contribution in [0.5, 0.6) is 0 Å². The summed E-state index contributed by atoms with van der Waals surface area (Å²) in [5.74, 6) is 1.16. The summed E-state index contributed by atoms with van der Waals surface area (Å²) in [6.45, 7) is 4.89. The van der Waals surface area contributed by atoms with Crippen molar-refractivity contribution in [2.45, 2.75) is 19.8 Å². The van der Waals surface area contributed by atoms with E-state index in [0.717, 1.165) is 21.5 Å². The highest BCUT2D eigenvalue weighted by Gasteiger charge is 2.11. The molecular weight excluding hydrogens is 392 g/mol. The first-order valence-corrected chi connectivity index (χ1v) is 10.2. The number of aryl methyl sites for hydroxylation is 1. The SMILES string of the molecule is Cc1c(Nc2nc(Cl)nc(NCC(C)c3ccccc3)n2)ccc2ncsc12. The lowest BCUT2D eigenvalue weighted by Gasteiger charge is -2.14. The highest BCUT2D eigenvalue weighted by atomic mass is 35.5. The molecule has 142 valence electrons. The second-order valence-corrected chi connectivity index (χ2v) is 7.70. The van der Waals surface area contributed by atoms with Crippen LogP contribution in [0.2, 0.25) is 5.28 Å². The number of anilines is 3. The van der Waals surface area contributed by atoms with Gasteiger partial charge in [0.25, 0.3) is 0 Å². The Labute approximate surface area is 172 Å². The lowest BCUT2D eigenvalue weighted by molar-refractivity contribution is 0.795. The zero-order valence-electron chi connectivity index (χ0n) is 15.5. The molecule has 1 atom stereocenters. The Morgan fingerprint density at radius 1 is 1.04 bits per heavy atom. The van der Waals surface area contributed by atoms with Crippen molar-refractivity contribution in [3.63, 3.8) is 0 Å². The van der Waals surface area contributed by atoms with Crippen molar-refractivity contribution in [1.29, 1.82) is 0 Å². The lowest BCUT2D eigenvalue weighted by Crippen LogP contribution is -2.13. The van der Waals surface area contributed by atoms with E-state index in [1.165, 1.54) is 5.56 Å². The smallest absolute Gasteiger partial charge is 0.233 e. The molecule has 1 unspecified atom stereocenters. The number of thiazole rings is 1. The van der Waals surface area contributed by atoms with Gasteiger partial charge in [-0.15, -0.1) is 11.3 Å². The molecule has 0 bridgehead atoms. The maximum absolute atomic E-state index is 6.12. The molecule has 0 saturated heterocycles. The van der Waals surface area contributed by atoms with Crippen LogP contribution in [0.1, 0.15) is 24.0 Å². The predicted octanol–water partition coefficient (Wildman–Crippen LogP) is 5.40. The van der Waals surface area contributed by atoms with Gasteiger partial charge in [-0.3, -0.25) is 0 Å². The highest BCUT2D eigenvalue weighted by molar-refractivity contribution is 7.17. The van der Waals surface area contributed by atoms with Crippen molar-refractivity contribution in [1.82, 2.24) is 19.9 Å². The van der Waals surface area contributed by atoms with E-state index >= 15 is 0 Å². The van der Waals surface area contributed by atoms with Crippen LogP contribution in [-0.2, 0) is 0 Å². The summed E-state index contributed by atoms with van der Waals surface area (Å²) in [6.07, 6.45) is 0. The second kappa shape index (κ2) is 8.08. The average Bonchev–Trinajstić information content (AvgIpc) is 3.18. The molecule has 4 rings (SSSR count). The van der Waals surface area contributed by atoms with Crippen molar-refractivity contribution in [3.8, 4) is 0 Å². The minimum atomic E-state index is 0.142. The summed E-state index contributed by atoms with van der Waals surface area (Å²) < 4.78 is 1.14. The normalized spacial score (nSPS) is 12.1. The van der Waals surface area contributed by atoms with Gasteiger partial charge in [-0.2, -0.15) is 15.0 Å². The highest BCUT2D eigenvalue weighted by Crippen LogP contribution is 2.29. The molecule has 0 radical (unpaired) electrons. The molecular formula is C20H19ClN6S. The van der Waals surface area contributed by atoms with E-state index in [4.69, 9.17) is 11.6 Å². The summed E-state index contributed by atoms with van der Waals surface area (Å²) in [5.41, 5.74) is 6.10. The maximum atomic E-state index is 6.12. The van der Waals surface area contributed by atoms with E-state index < -0.39 is 0 Å². The fourth-order valence-electron chi connectivity index (χ4n) is 2.95. The number of hydrogen-bond donors (Lipinski definition) is 2. The molecule has 2 heterocycles. The van der Waals surface area contributed by atoms with Gasteiger partial charge < -0.3 is 10.6 Å². The Hall–Kier alpha value is -2.77. The Bertz CT molecular complexity index is 1100. The molecule has 8 heteroatoms. The zero-order chi connectivity index (χ0) is 19.5. The minimum absolute atomic E-state index is 0.142. The number of nitrogens with one attached hydrogen (secondary N) is 2. The van der Waals surface area contributed by atoms with E-state index in [2.05, 4.69) is 49.6 Å². The number of rotatable bonds is 6. The molecule has 0 saturated carbocycles. The average molecular weight is 411 g/mol. The van der Waals surface area contributed by atoms with Crippen LogP contribution in [-0.4, -0.2) is 26.5 Å². The summed E-state index contributed by atoms with van der Waals surface area (Å²) in [6, 6.07) is 14.3. The second-order valence-electron chi connectivity index (χ2n) is 6.51. The van der Waals surface area contributed by atoms with Crippen molar-refractivity contribution in [2.24, 2.45) is 0 Å². The topological polar surface area (TPSA) is 75.6 Å². The van der Waals surface area contributed by atoms with E-state index in [1.54, 1.807) is 11.3 Å². The van der Waals surface area contributed by atoms with Gasteiger partial charge in [0.1, 0.15) is 0 Å². The number of benzene rings is 2. The van der Waals surface area contributed by atoms with Crippen molar-refractivity contribution in [3.05, 3.63) is 64.4 Å². The lowest BCUT2D eigenvalue weighted by atomic mass is 10.0. The van der Waals surface area contributed by atoms with Gasteiger partial charge in [-0.05, 0) is 47.7 Å². The number of aromatic nitrogens is 4. The molecule has 2 aromatic heterocycles. The van der Waals surface area contributed by atoms with Gasteiger partial charge in [-0.25, -0.2) is 4.98 Å². The zero-order valence-corrected chi connectivity index (χ0v) is 17.1. The van der Waals surface area contributed by atoms with Crippen LogP contribution in [0.25, 0.3) is 10.2 Å². The van der Waals surface area contributed by atoms with E-state index in [0.29, 0.717) is 24.4 Å². The molecule has 6 nitrogen and oxygen atoms in total. The Balaban J connectivity index is 1.51. The van der Waals surface area contributed by atoms with Crippen LogP contribution in [0.4, 0.5) is 17.6 Å². The molecule has 2 N–H and O–H groups in total. The van der Waals surface area contributed by atoms with Gasteiger partial charge in [0.15, 0.2) is 0 Å². The first-order chi connectivity index (χ1) is 13.6. The quantitative estimate of drug-likeness (QED) is 0.443. The molecule has 0 spiro atoms. The van der Waals surface area contributed by atoms with E-state index in [9.17, 15) is 0 Å². The third kappa shape index (κ3) is 4.05. The molecule has 0 aliphatic heterocycles. The Morgan fingerprint density at radius 3 is 2.64 bits per heavy atom. The maximum Gasteiger partial charge on any atom is 0.233 e. The van der Waals surface area contributed by atoms with Gasteiger partial charge in [0.2, 0.25) is 17.2 Å². The number of nitrogens with zero attached hydrogens (tertiary/aromatic N) is 4. The number of hydrogen-bond acceptors (Lipinski definition) is 7. The first-order valence-electron chi connectivity index (χ1n) is 8.90. The van der Waals surface area contributed by atoms with Gasteiger partial charge >= 0.3 is 0 Å². The molecule has 0 aliphatic rings. The number of halogens is 1. The van der Waals surface area contributed by atoms with Crippen molar-refractivity contribution >= 4 is 50.7 Å². The molecule has 2 aromatic carbocycles. The first kappa shape index (κ1) is 18.6. The largest absolute Gasteiger partial charge is 0.353 e. The molecule has 4 aromatic rings. The van der Waals surface area contributed by atoms with E-state index in [1.807, 2.05) is 42.8 Å². The van der Waals surface area contributed by atoms with Gasteiger partial charge in [0.05, 0.1) is 15.7 Å². The summed E-state index contributed by atoms with van der Waals surface area (Å²) in [5, 5.41) is 6.64. The molecule has 0 aliphatic carbocycles. The predicted molar refractivity (Wildman–Crippen MR) is 116 cm³/mol.